The zero-order valence-electron chi connectivity index (χ0n) is 17.3. The van der Waals surface area contributed by atoms with Crippen LogP contribution in [0.5, 0.6) is 11.5 Å². The van der Waals surface area contributed by atoms with Crippen LogP contribution in [-0.2, 0) is 11.2 Å². The van der Waals surface area contributed by atoms with Crippen molar-refractivity contribution >= 4 is 34.1 Å². The fourth-order valence-electron chi connectivity index (χ4n) is 3.55. The number of nitrogens with two attached hydrogens (primary N) is 1. The topological polar surface area (TPSA) is 104 Å². The van der Waals surface area contributed by atoms with Crippen molar-refractivity contribution in [2.45, 2.75) is 23.8 Å². The van der Waals surface area contributed by atoms with Gasteiger partial charge >= 0.3 is 0 Å². The monoisotopic (exact) mass is 447 g/mol. The van der Waals surface area contributed by atoms with Gasteiger partial charge in [-0.1, -0.05) is 54.2 Å². The van der Waals surface area contributed by atoms with Crippen molar-refractivity contribution in [3.05, 3.63) is 72.1 Å². The Morgan fingerprint density at radius 2 is 1.94 bits per heavy atom. The van der Waals surface area contributed by atoms with Crippen LogP contribution in [0.3, 0.4) is 0 Å². The van der Waals surface area contributed by atoms with Gasteiger partial charge in [-0.15, -0.1) is 10.2 Å². The van der Waals surface area contributed by atoms with E-state index in [2.05, 4.69) is 39.8 Å². The highest BCUT2D eigenvalue weighted by Gasteiger charge is 2.21. The van der Waals surface area contributed by atoms with Gasteiger partial charge in [0, 0.05) is 18.2 Å². The van der Waals surface area contributed by atoms with E-state index >= 15 is 0 Å². The molecule has 9 heteroatoms. The van der Waals surface area contributed by atoms with Gasteiger partial charge in [0.15, 0.2) is 17.3 Å². The molecule has 0 spiro atoms. The number of thioether (sulfide) groups is 1. The first-order valence-electron chi connectivity index (χ1n) is 10.1. The number of anilines is 1. The highest BCUT2D eigenvalue weighted by atomic mass is 32.2. The third-order valence-corrected chi connectivity index (χ3v) is 6.31. The molecule has 8 nitrogen and oxygen atoms in total. The van der Waals surface area contributed by atoms with E-state index in [4.69, 9.17) is 15.3 Å². The smallest absolute Gasteiger partial charge is 0.237 e. The van der Waals surface area contributed by atoms with Crippen LogP contribution < -0.4 is 20.6 Å². The van der Waals surface area contributed by atoms with Gasteiger partial charge in [-0.2, -0.15) is 0 Å². The Morgan fingerprint density at radius 3 is 2.84 bits per heavy atom. The number of ether oxygens (including phenoxy) is 2. The van der Waals surface area contributed by atoms with Crippen molar-refractivity contribution in [2.24, 2.45) is 0 Å². The SMILES string of the molecule is CC(Sc1nnc(Cc2cccc3ccccc23)n1N)C(=O)Nc1ccc2c(c1)OCO2. The maximum Gasteiger partial charge on any atom is 0.237 e. The highest BCUT2D eigenvalue weighted by Crippen LogP contribution is 2.34. The van der Waals surface area contributed by atoms with Gasteiger partial charge in [0.1, 0.15) is 0 Å². The summed E-state index contributed by atoms with van der Waals surface area (Å²) >= 11 is 1.25. The maximum absolute atomic E-state index is 12.7. The molecule has 162 valence electrons. The van der Waals surface area contributed by atoms with Crippen LogP contribution >= 0.6 is 11.8 Å². The second kappa shape index (κ2) is 8.43. The summed E-state index contributed by atoms with van der Waals surface area (Å²) in [6.07, 6.45) is 0.545. The number of nitrogen functional groups attached to an aromatic ring is 1. The van der Waals surface area contributed by atoms with Gasteiger partial charge in [0.25, 0.3) is 0 Å². The van der Waals surface area contributed by atoms with Crippen LogP contribution in [0.2, 0.25) is 0 Å². The number of aromatic nitrogens is 3. The summed E-state index contributed by atoms with van der Waals surface area (Å²) in [6, 6.07) is 19.6. The number of nitrogens with one attached hydrogen (secondary N) is 1. The lowest BCUT2D eigenvalue weighted by atomic mass is 10.0. The Hall–Kier alpha value is -3.72. The number of benzene rings is 3. The van der Waals surface area contributed by atoms with Crippen LogP contribution in [0.1, 0.15) is 18.3 Å². The van der Waals surface area contributed by atoms with Crippen LogP contribution in [0, 0.1) is 0 Å². The molecule has 5 rings (SSSR count). The van der Waals surface area contributed by atoms with E-state index in [-0.39, 0.29) is 12.7 Å². The van der Waals surface area contributed by atoms with Gasteiger partial charge in [-0.05, 0) is 35.4 Å². The van der Waals surface area contributed by atoms with E-state index in [9.17, 15) is 4.79 Å². The minimum absolute atomic E-state index is 0.174. The van der Waals surface area contributed by atoms with Crippen molar-refractivity contribution in [3.8, 4) is 11.5 Å². The molecule has 1 aliphatic heterocycles. The van der Waals surface area contributed by atoms with Crippen molar-refractivity contribution < 1.29 is 14.3 Å². The van der Waals surface area contributed by atoms with E-state index < -0.39 is 5.25 Å². The fraction of sp³-hybridized carbons (Fsp3) is 0.174. The van der Waals surface area contributed by atoms with Crippen molar-refractivity contribution in [3.63, 3.8) is 0 Å². The first kappa shape index (κ1) is 20.2. The van der Waals surface area contributed by atoms with E-state index in [0.717, 1.165) is 16.3 Å². The van der Waals surface area contributed by atoms with Crippen molar-refractivity contribution in [1.82, 2.24) is 14.9 Å². The summed E-state index contributed by atoms with van der Waals surface area (Å²) in [5.74, 6) is 8.01. The number of hydrogen-bond acceptors (Lipinski definition) is 7. The molecule has 0 aliphatic carbocycles. The molecule has 1 unspecified atom stereocenters. The molecule has 32 heavy (non-hydrogen) atoms. The summed E-state index contributed by atoms with van der Waals surface area (Å²) < 4.78 is 12.1. The number of fused-ring (bicyclic) bond motifs is 2. The number of rotatable bonds is 6. The van der Waals surface area contributed by atoms with E-state index in [1.165, 1.54) is 16.4 Å². The van der Waals surface area contributed by atoms with E-state index in [1.807, 2.05) is 18.2 Å². The van der Waals surface area contributed by atoms with Gasteiger partial charge in [-0.25, -0.2) is 4.68 Å². The highest BCUT2D eigenvalue weighted by molar-refractivity contribution is 8.00. The van der Waals surface area contributed by atoms with Gasteiger partial charge in [0.2, 0.25) is 17.9 Å². The maximum atomic E-state index is 12.7. The fourth-order valence-corrected chi connectivity index (χ4v) is 4.34. The third-order valence-electron chi connectivity index (χ3n) is 5.26. The van der Waals surface area contributed by atoms with Crippen molar-refractivity contribution in [1.29, 1.82) is 0 Å². The molecule has 0 saturated heterocycles. The average molecular weight is 448 g/mol. The van der Waals surface area contributed by atoms with Gasteiger partial charge < -0.3 is 20.6 Å². The first-order valence-corrected chi connectivity index (χ1v) is 11.0. The predicted molar refractivity (Wildman–Crippen MR) is 123 cm³/mol. The predicted octanol–water partition coefficient (Wildman–Crippen LogP) is 3.58. The van der Waals surface area contributed by atoms with Crippen LogP contribution in [-0.4, -0.2) is 32.8 Å². The molecule has 3 aromatic carbocycles. The average Bonchev–Trinajstić information content (AvgIpc) is 3.41. The second-order valence-electron chi connectivity index (χ2n) is 7.40. The summed E-state index contributed by atoms with van der Waals surface area (Å²) in [5, 5.41) is 13.7. The number of carbonyl (C=O) groups excluding carboxylic acids is 1. The van der Waals surface area contributed by atoms with Gasteiger partial charge in [0.05, 0.1) is 5.25 Å². The molecule has 2 heterocycles. The minimum atomic E-state index is -0.433. The quantitative estimate of drug-likeness (QED) is 0.344. The van der Waals surface area contributed by atoms with Gasteiger partial charge in [-0.3, -0.25) is 4.79 Å². The normalized spacial score (nSPS) is 13.3. The standard InChI is InChI=1S/C23H21N5O3S/c1-14(22(29)25-17-9-10-19-20(12-17)31-13-30-19)32-23-27-26-21(28(23)24)11-16-7-4-6-15-5-2-3-8-18(15)16/h2-10,12,14H,11,13,24H2,1H3,(H,25,29). The minimum Gasteiger partial charge on any atom is -0.454 e. The number of nitrogens with zero attached hydrogens (tertiary/aromatic N) is 3. The summed E-state index contributed by atoms with van der Waals surface area (Å²) in [4.78, 5) is 12.7. The zero-order valence-corrected chi connectivity index (χ0v) is 18.1. The molecule has 1 aromatic heterocycles. The Bertz CT molecular complexity index is 1300. The lowest BCUT2D eigenvalue weighted by Crippen LogP contribution is -2.24. The van der Waals surface area contributed by atoms with Crippen LogP contribution in [0.4, 0.5) is 5.69 Å². The summed E-state index contributed by atoms with van der Waals surface area (Å²) in [5.41, 5.74) is 1.75. The largest absolute Gasteiger partial charge is 0.454 e. The first-order chi connectivity index (χ1) is 15.6. The molecule has 3 N–H and O–H groups in total. The second-order valence-corrected chi connectivity index (χ2v) is 8.71. The lowest BCUT2D eigenvalue weighted by molar-refractivity contribution is -0.115. The van der Waals surface area contributed by atoms with E-state index in [0.29, 0.717) is 34.6 Å². The molecule has 0 saturated carbocycles. The molecule has 1 aliphatic rings. The van der Waals surface area contributed by atoms with E-state index in [1.54, 1.807) is 25.1 Å². The Kier molecular flexibility index (Phi) is 5.32. The lowest BCUT2D eigenvalue weighted by Gasteiger charge is -2.12. The Labute approximate surface area is 188 Å². The Balaban J connectivity index is 1.27. The molecular formula is C23H21N5O3S. The number of hydrogen-bond donors (Lipinski definition) is 2. The molecule has 1 amide bonds. The third kappa shape index (κ3) is 3.94. The van der Waals surface area contributed by atoms with Crippen LogP contribution in [0.25, 0.3) is 10.8 Å². The summed E-state index contributed by atoms with van der Waals surface area (Å²) in [6.45, 7) is 1.98. The molecule has 0 fully saturated rings. The molecule has 4 aromatic rings. The summed E-state index contributed by atoms with van der Waals surface area (Å²) in [7, 11) is 0. The molecule has 1 atom stereocenters. The van der Waals surface area contributed by atoms with Crippen LogP contribution in [0.15, 0.2) is 65.8 Å². The molecule has 0 bridgehead atoms. The Morgan fingerprint density at radius 1 is 1.12 bits per heavy atom. The zero-order chi connectivity index (χ0) is 22.1. The molecular weight excluding hydrogens is 426 g/mol. The number of amides is 1. The molecule has 0 radical (unpaired) electrons. The number of carbonyl (C=O) groups is 1. The van der Waals surface area contributed by atoms with Crippen molar-refractivity contribution in [2.75, 3.05) is 18.0 Å².